The van der Waals surface area contributed by atoms with Crippen molar-refractivity contribution in [2.75, 3.05) is 18.5 Å². The Morgan fingerprint density at radius 3 is 2.88 bits per heavy atom. The summed E-state index contributed by atoms with van der Waals surface area (Å²) in [6.45, 7) is 1.09. The average Bonchev–Trinajstić information content (AvgIpc) is 3.46. The number of pyridine rings is 1. The van der Waals surface area contributed by atoms with Crippen molar-refractivity contribution in [2.24, 2.45) is 0 Å². The Hall–Kier alpha value is -3.17. The molecular formula is C22H21ClN4O5. The predicted molar refractivity (Wildman–Crippen MR) is 119 cm³/mol. The van der Waals surface area contributed by atoms with Crippen LogP contribution in [0.1, 0.15) is 42.1 Å². The summed E-state index contributed by atoms with van der Waals surface area (Å²) in [6.07, 6.45) is 5.02. The molecule has 2 N–H and O–H groups in total. The van der Waals surface area contributed by atoms with Gasteiger partial charge in [-0.25, -0.2) is 9.78 Å². The van der Waals surface area contributed by atoms with E-state index in [-0.39, 0.29) is 28.7 Å². The van der Waals surface area contributed by atoms with Crippen LogP contribution >= 0.6 is 11.6 Å². The topological polar surface area (TPSA) is 115 Å². The number of hydrogen-bond donors (Lipinski definition) is 2. The normalized spacial score (nSPS) is 18.1. The molecule has 2 aromatic heterocycles. The van der Waals surface area contributed by atoms with Crippen molar-refractivity contribution >= 4 is 34.2 Å². The minimum Gasteiger partial charge on any atom is -0.489 e. The van der Waals surface area contributed by atoms with Crippen LogP contribution in [0.3, 0.4) is 0 Å². The number of carbonyl (C=O) groups is 1. The van der Waals surface area contributed by atoms with Crippen LogP contribution in [-0.4, -0.2) is 39.8 Å². The molecule has 32 heavy (non-hydrogen) atoms. The van der Waals surface area contributed by atoms with E-state index in [1.54, 1.807) is 18.2 Å². The molecule has 1 unspecified atom stereocenters. The largest absolute Gasteiger partial charge is 0.489 e. The molecule has 1 aliphatic carbocycles. The van der Waals surface area contributed by atoms with E-state index in [1.165, 1.54) is 16.8 Å². The number of amides is 1. The number of benzene rings is 1. The number of nitrogens with zero attached hydrogens (tertiary/aromatic N) is 2. The van der Waals surface area contributed by atoms with E-state index in [2.05, 4.69) is 15.3 Å². The van der Waals surface area contributed by atoms with Crippen LogP contribution in [0.4, 0.5) is 5.69 Å². The molecule has 166 valence electrons. The summed E-state index contributed by atoms with van der Waals surface area (Å²) in [4.78, 5) is 44.0. The first-order valence-corrected chi connectivity index (χ1v) is 10.9. The Balaban J connectivity index is 1.42. The number of hydrogen-bond acceptors (Lipinski definition) is 6. The van der Waals surface area contributed by atoms with Gasteiger partial charge in [0.25, 0.3) is 11.5 Å². The maximum absolute atomic E-state index is 12.9. The van der Waals surface area contributed by atoms with Crippen LogP contribution in [0.25, 0.3) is 11.0 Å². The molecule has 3 aromatic rings. The SMILES string of the molecule is O=C(Nc1cc(Cl)ccc1OCC1CCCO1)c1cnc2c(c1)c(=O)[nH]c(=O)n2C1CC1. The van der Waals surface area contributed by atoms with Crippen molar-refractivity contribution in [2.45, 2.75) is 37.8 Å². The summed E-state index contributed by atoms with van der Waals surface area (Å²) in [5.41, 5.74) is -0.207. The third-order valence-electron chi connectivity index (χ3n) is 5.59. The molecule has 0 spiro atoms. The van der Waals surface area contributed by atoms with E-state index in [1.807, 2.05) is 0 Å². The molecule has 1 atom stereocenters. The highest BCUT2D eigenvalue weighted by Gasteiger charge is 2.28. The first kappa shape index (κ1) is 20.7. The van der Waals surface area contributed by atoms with Gasteiger partial charge in [-0.3, -0.25) is 19.1 Å². The summed E-state index contributed by atoms with van der Waals surface area (Å²) >= 11 is 6.12. The Kier molecular flexibility index (Phi) is 5.44. The predicted octanol–water partition coefficient (Wildman–Crippen LogP) is 2.88. The number of aromatic amines is 1. The summed E-state index contributed by atoms with van der Waals surface area (Å²) in [5, 5.41) is 3.40. The molecule has 3 heterocycles. The summed E-state index contributed by atoms with van der Waals surface area (Å²) < 4.78 is 12.9. The number of anilines is 1. The number of aromatic nitrogens is 3. The van der Waals surface area contributed by atoms with Gasteiger partial charge in [0.1, 0.15) is 18.0 Å². The van der Waals surface area contributed by atoms with Gasteiger partial charge in [-0.05, 0) is 49.9 Å². The van der Waals surface area contributed by atoms with Crippen molar-refractivity contribution in [3.05, 3.63) is 61.9 Å². The number of fused-ring (bicyclic) bond motifs is 1. The number of rotatable bonds is 6. The van der Waals surface area contributed by atoms with Gasteiger partial charge >= 0.3 is 5.69 Å². The minimum atomic E-state index is -0.576. The van der Waals surface area contributed by atoms with Crippen molar-refractivity contribution in [1.82, 2.24) is 14.5 Å². The highest BCUT2D eigenvalue weighted by molar-refractivity contribution is 6.31. The number of ether oxygens (including phenoxy) is 2. The van der Waals surface area contributed by atoms with E-state index in [0.29, 0.717) is 23.1 Å². The van der Waals surface area contributed by atoms with Crippen molar-refractivity contribution in [3.8, 4) is 5.75 Å². The van der Waals surface area contributed by atoms with Gasteiger partial charge in [-0.15, -0.1) is 0 Å². The van der Waals surface area contributed by atoms with Gasteiger partial charge in [0.2, 0.25) is 0 Å². The average molecular weight is 457 g/mol. The fraction of sp³-hybridized carbons (Fsp3) is 0.364. The first-order valence-electron chi connectivity index (χ1n) is 10.5. The van der Waals surface area contributed by atoms with E-state index in [9.17, 15) is 14.4 Å². The lowest BCUT2D eigenvalue weighted by Gasteiger charge is -2.16. The van der Waals surface area contributed by atoms with E-state index in [0.717, 1.165) is 32.3 Å². The molecule has 5 rings (SSSR count). The lowest BCUT2D eigenvalue weighted by atomic mass is 10.2. The molecule has 0 bridgehead atoms. The Labute approximate surface area is 187 Å². The third kappa shape index (κ3) is 4.13. The molecule has 1 saturated heterocycles. The lowest BCUT2D eigenvalue weighted by Crippen LogP contribution is -2.30. The molecule has 10 heteroatoms. The smallest absolute Gasteiger partial charge is 0.330 e. The second kappa shape index (κ2) is 8.40. The summed E-state index contributed by atoms with van der Waals surface area (Å²) in [5.74, 6) is -0.0142. The molecule has 2 fully saturated rings. The Morgan fingerprint density at radius 2 is 2.12 bits per heavy atom. The second-order valence-electron chi connectivity index (χ2n) is 8.00. The zero-order valence-electron chi connectivity index (χ0n) is 17.1. The van der Waals surface area contributed by atoms with Crippen LogP contribution in [0, 0.1) is 0 Å². The Morgan fingerprint density at radius 1 is 1.28 bits per heavy atom. The summed E-state index contributed by atoms with van der Waals surface area (Å²) in [6, 6.07) is 6.42. The summed E-state index contributed by atoms with van der Waals surface area (Å²) in [7, 11) is 0. The van der Waals surface area contributed by atoms with Crippen molar-refractivity contribution in [1.29, 1.82) is 0 Å². The maximum atomic E-state index is 12.9. The van der Waals surface area contributed by atoms with Gasteiger partial charge < -0.3 is 14.8 Å². The lowest BCUT2D eigenvalue weighted by molar-refractivity contribution is 0.0682. The molecule has 1 aromatic carbocycles. The highest BCUT2D eigenvalue weighted by atomic mass is 35.5. The van der Waals surface area contributed by atoms with E-state index >= 15 is 0 Å². The molecule has 9 nitrogen and oxygen atoms in total. The molecule has 2 aliphatic rings. The second-order valence-corrected chi connectivity index (χ2v) is 8.43. The van der Waals surface area contributed by atoms with Crippen LogP contribution in [0.15, 0.2) is 40.1 Å². The van der Waals surface area contributed by atoms with Crippen LogP contribution in [0.5, 0.6) is 5.75 Å². The maximum Gasteiger partial charge on any atom is 0.330 e. The third-order valence-corrected chi connectivity index (χ3v) is 5.83. The highest BCUT2D eigenvalue weighted by Crippen LogP contribution is 2.35. The number of halogens is 1. The standard InChI is InChI=1S/C22H21ClN4O5/c23-13-3-6-18(32-11-15-2-1-7-31-15)17(9-13)25-20(28)12-8-16-19(24-10-12)27(14-4-5-14)22(30)26-21(16)29/h3,6,8-10,14-15H,1-2,4-5,7,11H2,(H,25,28)(H,26,29,30). The van der Waals surface area contributed by atoms with Gasteiger partial charge in [-0.1, -0.05) is 11.6 Å². The number of H-pyrrole nitrogens is 1. The van der Waals surface area contributed by atoms with Gasteiger partial charge in [0.05, 0.1) is 22.7 Å². The molecule has 1 aliphatic heterocycles. The van der Waals surface area contributed by atoms with Gasteiger partial charge in [0.15, 0.2) is 0 Å². The minimum absolute atomic E-state index is 0.0229. The molecule has 1 amide bonds. The fourth-order valence-corrected chi connectivity index (χ4v) is 3.98. The quantitative estimate of drug-likeness (QED) is 0.589. The zero-order valence-corrected chi connectivity index (χ0v) is 17.9. The van der Waals surface area contributed by atoms with E-state index in [4.69, 9.17) is 21.1 Å². The first-order chi connectivity index (χ1) is 15.5. The number of carbonyl (C=O) groups excluding carboxylic acids is 1. The zero-order chi connectivity index (χ0) is 22.2. The number of nitrogens with one attached hydrogen (secondary N) is 2. The molecular weight excluding hydrogens is 436 g/mol. The van der Waals surface area contributed by atoms with Crippen LogP contribution in [0.2, 0.25) is 5.02 Å². The monoisotopic (exact) mass is 456 g/mol. The van der Waals surface area contributed by atoms with Crippen LogP contribution < -0.4 is 21.3 Å². The van der Waals surface area contributed by atoms with Crippen LogP contribution in [-0.2, 0) is 4.74 Å². The molecule has 1 saturated carbocycles. The van der Waals surface area contributed by atoms with Gasteiger partial charge in [-0.2, -0.15) is 0 Å². The van der Waals surface area contributed by atoms with Gasteiger partial charge in [0, 0.05) is 23.9 Å². The molecule has 0 radical (unpaired) electrons. The fourth-order valence-electron chi connectivity index (χ4n) is 3.81. The van der Waals surface area contributed by atoms with E-state index < -0.39 is 17.2 Å². The Bertz CT molecular complexity index is 1310. The van der Waals surface area contributed by atoms with Crippen molar-refractivity contribution in [3.63, 3.8) is 0 Å². The van der Waals surface area contributed by atoms with Crippen molar-refractivity contribution < 1.29 is 14.3 Å².